The summed E-state index contributed by atoms with van der Waals surface area (Å²) in [4.78, 5) is 23.3. The van der Waals surface area contributed by atoms with E-state index >= 15 is 0 Å². The van der Waals surface area contributed by atoms with E-state index in [2.05, 4.69) is 23.6 Å². The number of carbonyl (C=O) groups is 2. The van der Waals surface area contributed by atoms with Crippen LogP contribution in [0.25, 0.3) is 0 Å². The molecule has 1 aliphatic heterocycles. The molecule has 6 heteroatoms. The summed E-state index contributed by atoms with van der Waals surface area (Å²) in [6, 6.07) is 6.13. The summed E-state index contributed by atoms with van der Waals surface area (Å²) in [6.45, 7) is 2.63. The van der Waals surface area contributed by atoms with Gasteiger partial charge < -0.3 is 16.4 Å². The molecule has 2 rings (SSSR count). The molecule has 0 aromatic heterocycles. The van der Waals surface area contributed by atoms with E-state index in [4.69, 9.17) is 5.73 Å². The minimum absolute atomic E-state index is 0. The van der Waals surface area contributed by atoms with Crippen LogP contribution in [0.2, 0.25) is 0 Å². The predicted octanol–water partition coefficient (Wildman–Crippen LogP) is 2.56. The van der Waals surface area contributed by atoms with Gasteiger partial charge in [-0.1, -0.05) is 31.9 Å². The Morgan fingerprint density at radius 2 is 2.17 bits per heavy atom. The molecule has 0 radical (unpaired) electrons. The molecular weight excluding hydrogens is 326 g/mol. The van der Waals surface area contributed by atoms with Crippen molar-refractivity contribution in [1.82, 2.24) is 5.32 Å². The van der Waals surface area contributed by atoms with Gasteiger partial charge in [0.15, 0.2) is 0 Å². The van der Waals surface area contributed by atoms with Gasteiger partial charge in [-0.3, -0.25) is 9.59 Å². The molecule has 1 aromatic rings. The minimum atomic E-state index is 0. The normalized spacial score (nSPS) is 13.7. The number of hydrogen-bond donors (Lipinski definition) is 3. The van der Waals surface area contributed by atoms with Gasteiger partial charge in [0.05, 0.1) is 6.42 Å². The fraction of sp³-hybridized carbons (Fsp3) is 0.556. The summed E-state index contributed by atoms with van der Waals surface area (Å²) in [5, 5.41) is 5.85. The van der Waals surface area contributed by atoms with Crippen LogP contribution in [-0.2, 0) is 22.4 Å². The number of nitrogens with two attached hydrogens (primary N) is 1. The Bertz CT molecular complexity index is 563. The van der Waals surface area contributed by atoms with Gasteiger partial charge in [-0.05, 0) is 36.5 Å². The predicted molar refractivity (Wildman–Crippen MR) is 99.5 cm³/mol. The van der Waals surface area contributed by atoms with E-state index in [1.165, 1.54) is 5.56 Å². The first-order valence-corrected chi connectivity index (χ1v) is 8.53. The molecule has 0 fully saturated rings. The third kappa shape index (κ3) is 6.13. The largest absolute Gasteiger partial charge is 0.352 e. The molecule has 4 N–H and O–H groups in total. The van der Waals surface area contributed by atoms with Crippen LogP contribution in [0.15, 0.2) is 18.2 Å². The lowest BCUT2D eigenvalue weighted by molar-refractivity contribution is -0.122. The zero-order valence-electron chi connectivity index (χ0n) is 14.3. The molecule has 0 saturated heterocycles. The molecule has 0 saturated carbocycles. The first-order chi connectivity index (χ1) is 11.1. The molecule has 0 bridgehead atoms. The van der Waals surface area contributed by atoms with Crippen LogP contribution in [0.5, 0.6) is 0 Å². The maximum absolute atomic E-state index is 12.0. The summed E-state index contributed by atoms with van der Waals surface area (Å²) in [7, 11) is 0. The molecular formula is C18H28ClN3O2. The highest BCUT2D eigenvalue weighted by molar-refractivity contribution is 5.99. The zero-order valence-corrected chi connectivity index (χ0v) is 15.1. The average Bonchev–Trinajstić information content (AvgIpc) is 2.90. The molecule has 1 aliphatic rings. The van der Waals surface area contributed by atoms with Gasteiger partial charge in [0.2, 0.25) is 11.8 Å². The van der Waals surface area contributed by atoms with Crippen molar-refractivity contribution in [2.45, 2.75) is 57.9 Å². The highest BCUT2D eigenvalue weighted by Gasteiger charge is 2.17. The van der Waals surface area contributed by atoms with Crippen LogP contribution in [0.3, 0.4) is 0 Å². The zero-order chi connectivity index (χ0) is 16.7. The first kappa shape index (κ1) is 20.5. The molecule has 1 atom stereocenters. The number of hydrogen-bond acceptors (Lipinski definition) is 3. The number of aryl methyl sites for hydroxylation is 1. The number of unbranched alkanes of at least 4 members (excludes halogenated alkanes) is 1. The SMILES string of the molecule is CCCCC(CN)NC(=O)CCCc1ccc2c(c1)CC(=O)N2.Cl. The van der Waals surface area contributed by atoms with Gasteiger partial charge in [-0.25, -0.2) is 0 Å². The molecule has 2 amide bonds. The van der Waals surface area contributed by atoms with E-state index in [0.29, 0.717) is 19.4 Å². The maximum Gasteiger partial charge on any atom is 0.228 e. The Balaban J connectivity index is 0.00000288. The standard InChI is InChI=1S/C18H27N3O2.ClH/c1-2-3-6-15(12-19)20-17(22)7-4-5-13-8-9-16-14(10-13)11-18(23)21-16;/h8-10,15H,2-7,11-12,19H2,1H3,(H,20,22)(H,21,23);1H. The topological polar surface area (TPSA) is 84.2 Å². The van der Waals surface area contributed by atoms with Crippen LogP contribution in [0, 0.1) is 0 Å². The number of fused-ring (bicyclic) bond motifs is 1. The van der Waals surface area contributed by atoms with E-state index in [1.807, 2.05) is 12.1 Å². The third-order valence-corrected chi connectivity index (χ3v) is 4.22. The van der Waals surface area contributed by atoms with Crippen molar-refractivity contribution in [3.05, 3.63) is 29.3 Å². The Kier molecular flexibility index (Phi) is 8.79. The van der Waals surface area contributed by atoms with E-state index in [9.17, 15) is 9.59 Å². The van der Waals surface area contributed by atoms with Crippen molar-refractivity contribution >= 4 is 29.9 Å². The number of carbonyl (C=O) groups excluding carboxylic acids is 2. The molecule has 24 heavy (non-hydrogen) atoms. The van der Waals surface area contributed by atoms with Gasteiger partial charge in [-0.15, -0.1) is 12.4 Å². The fourth-order valence-electron chi connectivity index (χ4n) is 2.89. The van der Waals surface area contributed by atoms with Gasteiger partial charge in [0, 0.05) is 24.7 Å². The Morgan fingerprint density at radius 1 is 1.38 bits per heavy atom. The second kappa shape index (κ2) is 10.3. The number of benzene rings is 1. The summed E-state index contributed by atoms with van der Waals surface area (Å²) in [6.07, 6.45) is 5.76. The third-order valence-electron chi connectivity index (χ3n) is 4.22. The Hall–Kier alpha value is -1.59. The van der Waals surface area contributed by atoms with E-state index in [1.54, 1.807) is 0 Å². The number of nitrogens with one attached hydrogen (secondary N) is 2. The van der Waals surface area contributed by atoms with Crippen LogP contribution in [0.4, 0.5) is 5.69 Å². The second-order valence-electron chi connectivity index (χ2n) is 6.21. The minimum Gasteiger partial charge on any atom is -0.352 e. The van der Waals surface area contributed by atoms with Crippen molar-refractivity contribution in [3.8, 4) is 0 Å². The highest BCUT2D eigenvalue weighted by atomic mass is 35.5. The summed E-state index contributed by atoms with van der Waals surface area (Å²) < 4.78 is 0. The lowest BCUT2D eigenvalue weighted by Crippen LogP contribution is -2.40. The van der Waals surface area contributed by atoms with Crippen LogP contribution in [0.1, 0.15) is 50.2 Å². The van der Waals surface area contributed by atoms with Crippen molar-refractivity contribution < 1.29 is 9.59 Å². The van der Waals surface area contributed by atoms with E-state index < -0.39 is 0 Å². The van der Waals surface area contributed by atoms with Gasteiger partial charge in [0.25, 0.3) is 0 Å². The Morgan fingerprint density at radius 3 is 2.88 bits per heavy atom. The van der Waals surface area contributed by atoms with Crippen LogP contribution < -0.4 is 16.4 Å². The molecule has 1 heterocycles. The summed E-state index contributed by atoms with van der Waals surface area (Å²) in [5.74, 6) is 0.131. The monoisotopic (exact) mass is 353 g/mol. The average molecular weight is 354 g/mol. The first-order valence-electron chi connectivity index (χ1n) is 8.53. The number of amides is 2. The lowest BCUT2D eigenvalue weighted by atomic mass is 10.0. The van der Waals surface area contributed by atoms with Crippen LogP contribution >= 0.6 is 12.4 Å². The second-order valence-corrected chi connectivity index (χ2v) is 6.21. The number of rotatable bonds is 9. The van der Waals surface area contributed by atoms with Gasteiger partial charge in [0.1, 0.15) is 0 Å². The maximum atomic E-state index is 12.0. The number of anilines is 1. The molecule has 1 aromatic carbocycles. The van der Waals surface area contributed by atoms with Gasteiger partial charge in [-0.2, -0.15) is 0 Å². The Labute approximate surface area is 150 Å². The molecule has 0 spiro atoms. The quantitative estimate of drug-likeness (QED) is 0.638. The summed E-state index contributed by atoms with van der Waals surface area (Å²) in [5.41, 5.74) is 8.84. The van der Waals surface area contributed by atoms with Crippen molar-refractivity contribution in [3.63, 3.8) is 0 Å². The molecule has 1 unspecified atom stereocenters. The molecule has 134 valence electrons. The molecule has 5 nitrogen and oxygen atoms in total. The van der Waals surface area contributed by atoms with Crippen molar-refractivity contribution in [2.75, 3.05) is 11.9 Å². The van der Waals surface area contributed by atoms with E-state index in [0.717, 1.165) is 43.4 Å². The van der Waals surface area contributed by atoms with Crippen molar-refractivity contribution in [1.29, 1.82) is 0 Å². The fourth-order valence-corrected chi connectivity index (χ4v) is 2.89. The van der Waals surface area contributed by atoms with Crippen LogP contribution in [-0.4, -0.2) is 24.4 Å². The smallest absolute Gasteiger partial charge is 0.228 e. The summed E-state index contributed by atoms with van der Waals surface area (Å²) >= 11 is 0. The number of halogens is 1. The van der Waals surface area contributed by atoms with Gasteiger partial charge >= 0.3 is 0 Å². The van der Waals surface area contributed by atoms with E-state index in [-0.39, 0.29) is 30.3 Å². The lowest BCUT2D eigenvalue weighted by Gasteiger charge is -2.16. The van der Waals surface area contributed by atoms with Crippen molar-refractivity contribution in [2.24, 2.45) is 5.73 Å². The molecule has 0 aliphatic carbocycles. The highest BCUT2D eigenvalue weighted by Crippen LogP contribution is 2.24.